The molecule has 158 valence electrons. The molecule has 1 amide bonds. The maximum absolute atomic E-state index is 12.7. The molecule has 6 heteroatoms. The van der Waals surface area contributed by atoms with Crippen LogP contribution in [0.2, 0.25) is 0 Å². The number of aliphatic hydroxyl groups is 1. The first-order chi connectivity index (χ1) is 15.0. The lowest BCUT2D eigenvalue weighted by Gasteiger charge is -2.20. The summed E-state index contributed by atoms with van der Waals surface area (Å²) >= 11 is 0. The average molecular weight is 415 g/mol. The number of aryl methyl sites for hydroxylation is 1. The first-order valence-electron chi connectivity index (χ1n) is 10.7. The monoisotopic (exact) mass is 414 g/mol. The third-order valence-electron chi connectivity index (χ3n) is 6.43. The van der Waals surface area contributed by atoms with Crippen LogP contribution >= 0.6 is 0 Å². The highest BCUT2D eigenvalue weighted by Gasteiger charge is 2.52. The minimum atomic E-state index is -0.0933. The van der Waals surface area contributed by atoms with Gasteiger partial charge in [0, 0.05) is 54.8 Å². The number of carbonyl (C=O) groups excluding carboxylic acids is 1. The molecule has 1 aliphatic carbocycles. The van der Waals surface area contributed by atoms with Crippen LogP contribution in [-0.4, -0.2) is 52.6 Å². The Morgan fingerprint density at radius 2 is 1.90 bits per heavy atom. The standard InChI is InChI=1S/C25H26N4O2/c1-17-4-3-5-18(12-17)20-14-26-24(27-15-20)29-16-25(8-9-25)21-7-6-19(13-22(21)29)23(31)28(2)10-11-30/h3-7,12-15,30H,8-11,16H2,1-2H3. The van der Waals surface area contributed by atoms with Gasteiger partial charge < -0.3 is 14.9 Å². The van der Waals surface area contributed by atoms with Gasteiger partial charge in [-0.1, -0.05) is 35.9 Å². The highest BCUT2D eigenvalue weighted by Crippen LogP contribution is 2.57. The van der Waals surface area contributed by atoms with Crippen molar-refractivity contribution in [3.8, 4) is 11.1 Å². The van der Waals surface area contributed by atoms with Gasteiger partial charge in [-0.05, 0) is 43.0 Å². The summed E-state index contributed by atoms with van der Waals surface area (Å²) in [6, 6.07) is 14.3. The van der Waals surface area contributed by atoms with Gasteiger partial charge in [0.25, 0.3) is 5.91 Å². The third kappa shape index (κ3) is 3.47. The fraction of sp³-hybridized carbons (Fsp3) is 0.320. The molecule has 0 bridgehead atoms. The summed E-state index contributed by atoms with van der Waals surface area (Å²) < 4.78 is 0. The highest BCUT2D eigenvalue weighted by molar-refractivity contribution is 5.96. The van der Waals surface area contributed by atoms with Crippen LogP contribution < -0.4 is 4.90 Å². The van der Waals surface area contributed by atoms with Gasteiger partial charge in [0.1, 0.15) is 0 Å². The predicted octanol–water partition coefficient (Wildman–Crippen LogP) is 3.70. The first kappa shape index (κ1) is 19.7. The van der Waals surface area contributed by atoms with E-state index in [1.54, 1.807) is 11.9 Å². The molecule has 6 nitrogen and oxygen atoms in total. The smallest absolute Gasteiger partial charge is 0.253 e. The Morgan fingerprint density at radius 1 is 1.13 bits per heavy atom. The molecule has 5 rings (SSSR count). The van der Waals surface area contributed by atoms with Gasteiger partial charge in [-0.15, -0.1) is 0 Å². The Bertz CT molecular complexity index is 1140. The number of hydrogen-bond donors (Lipinski definition) is 1. The van der Waals surface area contributed by atoms with E-state index in [9.17, 15) is 4.79 Å². The van der Waals surface area contributed by atoms with Gasteiger partial charge in [0.2, 0.25) is 5.95 Å². The molecule has 1 spiro atoms. The second kappa shape index (κ2) is 7.46. The fourth-order valence-corrected chi connectivity index (χ4v) is 4.47. The SMILES string of the molecule is Cc1cccc(-c2cnc(N3CC4(CC4)c4ccc(C(=O)N(C)CCO)cc43)nc2)c1. The number of aromatic nitrogens is 2. The van der Waals surface area contributed by atoms with Crippen molar-refractivity contribution in [2.45, 2.75) is 25.2 Å². The Morgan fingerprint density at radius 3 is 2.58 bits per heavy atom. The van der Waals surface area contributed by atoms with Crippen molar-refractivity contribution in [3.05, 3.63) is 71.5 Å². The van der Waals surface area contributed by atoms with Crippen LogP contribution in [-0.2, 0) is 5.41 Å². The largest absolute Gasteiger partial charge is 0.395 e. The molecule has 1 aromatic heterocycles. The fourth-order valence-electron chi connectivity index (χ4n) is 4.47. The summed E-state index contributed by atoms with van der Waals surface area (Å²) in [6.45, 7) is 3.18. The number of rotatable bonds is 5. The lowest BCUT2D eigenvalue weighted by Crippen LogP contribution is -2.29. The summed E-state index contributed by atoms with van der Waals surface area (Å²) in [4.78, 5) is 25.8. The topological polar surface area (TPSA) is 69.6 Å². The zero-order valence-corrected chi connectivity index (χ0v) is 17.9. The molecule has 1 aliphatic heterocycles. The number of fused-ring (bicyclic) bond motifs is 2. The van der Waals surface area contributed by atoms with Gasteiger partial charge in [0.15, 0.2) is 0 Å². The normalized spacial score (nSPS) is 15.8. The van der Waals surface area contributed by atoms with E-state index in [0.717, 1.165) is 36.2 Å². The zero-order valence-electron chi connectivity index (χ0n) is 17.9. The van der Waals surface area contributed by atoms with Crippen molar-refractivity contribution in [2.24, 2.45) is 0 Å². The number of hydrogen-bond acceptors (Lipinski definition) is 5. The number of aliphatic hydroxyl groups excluding tert-OH is 1. The summed E-state index contributed by atoms with van der Waals surface area (Å²) in [7, 11) is 1.71. The van der Waals surface area contributed by atoms with Gasteiger partial charge in [-0.25, -0.2) is 9.97 Å². The molecule has 1 fully saturated rings. The number of benzene rings is 2. The van der Waals surface area contributed by atoms with Crippen LogP contribution in [0.1, 0.15) is 34.3 Å². The Kier molecular flexibility index (Phi) is 4.74. The Hall–Kier alpha value is -3.25. The predicted molar refractivity (Wildman–Crippen MR) is 121 cm³/mol. The van der Waals surface area contributed by atoms with Crippen LogP contribution in [0.15, 0.2) is 54.9 Å². The molecular weight excluding hydrogens is 388 g/mol. The average Bonchev–Trinajstić information content (AvgIpc) is 3.50. The van der Waals surface area contributed by atoms with Crippen molar-refractivity contribution in [2.75, 3.05) is 31.6 Å². The summed E-state index contributed by atoms with van der Waals surface area (Å²) in [5.74, 6) is 0.569. The molecule has 0 saturated heterocycles. The van der Waals surface area contributed by atoms with Crippen LogP contribution in [0.25, 0.3) is 11.1 Å². The Balaban J connectivity index is 1.48. The molecule has 3 aromatic rings. The van der Waals surface area contributed by atoms with Crippen molar-refractivity contribution in [1.82, 2.24) is 14.9 Å². The van der Waals surface area contributed by atoms with Crippen molar-refractivity contribution in [3.63, 3.8) is 0 Å². The molecule has 2 aliphatic rings. The van der Waals surface area contributed by atoms with Crippen LogP contribution in [0.3, 0.4) is 0 Å². The molecule has 31 heavy (non-hydrogen) atoms. The number of likely N-dealkylation sites (N-methyl/N-ethyl adjacent to an activating group) is 1. The quantitative estimate of drug-likeness (QED) is 0.689. The number of nitrogens with zero attached hydrogens (tertiary/aromatic N) is 4. The van der Waals surface area contributed by atoms with E-state index in [1.165, 1.54) is 11.1 Å². The second-order valence-corrected chi connectivity index (χ2v) is 8.69. The minimum absolute atomic E-state index is 0.0520. The molecule has 2 aromatic carbocycles. The number of amides is 1. The van der Waals surface area contributed by atoms with Gasteiger partial charge >= 0.3 is 0 Å². The van der Waals surface area contributed by atoms with Crippen molar-refractivity contribution < 1.29 is 9.90 Å². The van der Waals surface area contributed by atoms with Gasteiger partial charge in [-0.3, -0.25) is 4.79 Å². The second-order valence-electron chi connectivity index (χ2n) is 8.69. The van der Waals surface area contributed by atoms with E-state index in [1.807, 2.05) is 30.6 Å². The molecule has 0 unspecified atom stereocenters. The molecule has 0 atom stereocenters. The molecule has 1 saturated carbocycles. The zero-order chi connectivity index (χ0) is 21.6. The highest BCUT2D eigenvalue weighted by atomic mass is 16.3. The van der Waals surface area contributed by atoms with Gasteiger partial charge in [-0.2, -0.15) is 0 Å². The maximum Gasteiger partial charge on any atom is 0.253 e. The molecule has 1 N–H and O–H groups in total. The third-order valence-corrected chi connectivity index (χ3v) is 6.43. The van der Waals surface area contributed by atoms with E-state index in [4.69, 9.17) is 5.11 Å². The van der Waals surface area contributed by atoms with Gasteiger partial charge in [0.05, 0.1) is 6.61 Å². The summed E-state index contributed by atoms with van der Waals surface area (Å²) in [6.07, 6.45) is 6.04. The van der Waals surface area contributed by atoms with Crippen molar-refractivity contribution >= 4 is 17.5 Å². The van der Waals surface area contributed by atoms with E-state index in [-0.39, 0.29) is 17.9 Å². The molecule has 2 heterocycles. The summed E-state index contributed by atoms with van der Waals surface area (Å²) in [5.41, 5.74) is 6.37. The van der Waals surface area contributed by atoms with Crippen LogP contribution in [0.4, 0.5) is 11.6 Å². The van der Waals surface area contributed by atoms with E-state index in [2.05, 4.69) is 46.1 Å². The molecule has 0 radical (unpaired) electrons. The van der Waals surface area contributed by atoms with Crippen LogP contribution in [0.5, 0.6) is 0 Å². The summed E-state index contributed by atoms with van der Waals surface area (Å²) in [5, 5.41) is 9.16. The Labute approximate surface area is 182 Å². The van der Waals surface area contributed by atoms with Crippen LogP contribution in [0, 0.1) is 6.92 Å². The number of carbonyl (C=O) groups is 1. The minimum Gasteiger partial charge on any atom is -0.395 e. The maximum atomic E-state index is 12.7. The van der Waals surface area contributed by atoms with E-state index in [0.29, 0.717) is 18.1 Å². The lowest BCUT2D eigenvalue weighted by molar-refractivity contribution is 0.0767. The number of anilines is 2. The first-order valence-corrected chi connectivity index (χ1v) is 10.7. The van der Waals surface area contributed by atoms with E-state index >= 15 is 0 Å². The molecular formula is C25H26N4O2. The van der Waals surface area contributed by atoms with E-state index < -0.39 is 0 Å². The van der Waals surface area contributed by atoms with Crippen molar-refractivity contribution in [1.29, 1.82) is 0 Å². The lowest BCUT2D eigenvalue weighted by atomic mass is 9.97.